The van der Waals surface area contributed by atoms with Gasteiger partial charge in [-0.15, -0.1) is 24.0 Å². The normalized spacial score (nSPS) is 24.1. The number of halogens is 2. The summed E-state index contributed by atoms with van der Waals surface area (Å²) in [5, 5.41) is 2.89. The number of hydrogen-bond acceptors (Lipinski definition) is 5. The third-order valence-electron chi connectivity index (χ3n) is 1.98. The SMILES string of the molecule is COC(=O)[C@@H]1C[C@H](OC(=O)CCl)CN1.Cl. The van der Waals surface area contributed by atoms with Crippen LogP contribution in [0, 0.1) is 0 Å². The van der Waals surface area contributed by atoms with Gasteiger partial charge < -0.3 is 14.8 Å². The zero-order valence-electron chi connectivity index (χ0n) is 8.20. The van der Waals surface area contributed by atoms with Crippen LogP contribution in [-0.4, -0.2) is 43.6 Å². The molecule has 1 fully saturated rings. The number of ether oxygens (including phenoxy) is 2. The van der Waals surface area contributed by atoms with Gasteiger partial charge in [0.15, 0.2) is 0 Å². The molecule has 15 heavy (non-hydrogen) atoms. The molecule has 5 nitrogen and oxygen atoms in total. The van der Waals surface area contributed by atoms with Crippen molar-refractivity contribution in [2.24, 2.45) is 0 Å². The third-order valence-corrected chi connectivity index (χ3v) is 2.20. The maximum absolute atomic E-state index is 11.1. The highest BCUT2D eigenvalue weighted by Gasteiger charge is 2.32. The fourth-order valence-corrected chi connectivity index (χ4v) is 1.40. The first-order valence-corrected chi connectivity index (χ1v) is 4.77. The summed E-state index contributed by atoms with van der Waals surface area (Å²) in [5.74, 6) is -0.974. The minimum atomic E-state index is -0.469. The minimum absolute atomic E-state index is 0. The Bertz CT molecular complexity index is 237. The quantitative estimate of drug-likeness (QED) is 0.574. The third kappa shape index (κ3) is 4.24. The van der Waals surface area contributed by atoms with E-state index in [0.29, 0.717) is 13.0 Å². The Balaban J connectivity index is 0.00000196. The molecule has 1 N–H and O–H groups in total. The van der Waals surface area contributed by atoms with E-state index in [-0.39, 0.29) is 36.4 Å². The number of alkyl halides is 1. The van der Waals surface area contributed by atoms with E-state index in [0.717, 1.165) is 0 Å². The van der Waals surface area contributed by atoms with Crippen LogP contribution in [0.4, 0.5) is 0 Å². The highest BCUT2D eigenvalue weighted by atomic mass is 35.5. The summed E-state index contributed by atoms with van der Waals surface area (Å²) in [4.78, 5) is 21.9. The maximum Gasteiger partial charge on any atom is 0.323 e. The predicted octanol–water partition coefficient (Wildman–Crippen LogP) is 0.0937. The van der Waals surface area contributed by atoms with E-state index >= 15 is 0 Å². The van der Waals surface area contributed by atoms with Crippen molar-refractivity contribution >= 4 is 35.9 Å². The second-order valence-electron chi connectivity index (χ2n) is 2.97. The summed E-state index contributed by atoms with van der Waals surface area (Å²) >= 11 is 5.27. The topological polar surface area (TPSA) is 64.6 Å². The van der Waals surface area contributed by atoms with Gasteiger partial charge in [0.05, 0.1) is 7.11 Å². The van der Waals surface area contributed by atoms with Crippen molar-refractivity contribution in [2.45, 2.75) is 18.6 Å². The Morgan fingerprint density at radius 2 is 2.20 bits per heavy atom. The average Bonchev–Trinajstić information content (AvgIpc) is 2.65. The van der Waals surface area contributed by atoms with Gasteiger partial charge in [-0.1, -0.05) is 0 Å². The molecule has 0 bridgehead atoms. The molecule has 1 aliphatic heterocycles. The van der Waals surface area contributed by atoms with E-state index in [2.05, 4.69) is 10.1 Å². The van der Waals surface area contributed by atoms with Crippen LogP contribution in [0.2, 0.25) is 0 Å². The molecule has 2 atom stereocenters. The molecule has 0 radical (unpaired) electrons. The highest BCUT2D eigenvalue weighted by molar-refractivity contribution is 6.26. The monoisotopic (exact) mass is 257 g/mol. The predicted molar refractivity (Wildman–Crippen MR) is 56.3 cm³/mol. The van der Waals surface area contributed by atoms with Crippen LogP contribution in [0.5, 0.6) is 0 Å². The fourth-order valence-electron chi connectivity index (χ4n) is 1.33. The lowest BCUT2D eigenvalue weighted by molar-refractivity contribution is -0.147. The number of esters is 2. The van der Waals surface area contributed by atoms with Crippen LogP contribution in [0.3, 0.4) is 0 Å². The molecule has 0 amide bonds. The number of methoxy groups -OCH3 is 1. The van der Waals surface area contributed by atoms with E-state index in [1.54, 1.807) is 0 Å². The van der Waals surface area contributed by atoms with Crippen molar-refractivity contribution in [3.8, 4) is 0 Å². The maximum atomic E-state index is 11.1. The van der Waals surface area contributed by atoms with Gasteiger partial charge in [0.1, 0.15) is 18.0 Å². The van der Waals surface area contributed by atoms with Gasteiger partial charge >= 0.3 is 11.9 Å². The molecule has 0 saturated carbocycles. The second-order valence-corrected chi connectivity index (χ2v) is 3.23. The van der Waals surface area contributed by atoms with Crippen molar-refractivity contribution in [1.82, 2.24) is 5.32 Å². The molecule has 0 aromatic heterocycles. The van der Waals surface area contributed by atoms with Crippen molar-refractivity contribution < 1.29 is 19.1 Å². The number of nitrogens with one attached hydrogen (secondary N) is 1. The average molecular weight is 258 g/mol. The molecule has 0 aromatic rings. The number of rotatable bonds is 3. The van der Waals surface area contributed by atoms with E-state index in [9.17, 15) is 9.59 Å². The molecule has 0 aromatic carbocycles. The van der Waals surface area contributed by atoms with Gasteiger partial charge in [0.2, 0.25) is 0 Å². The second kappa shape index (κ2) is 6.87. The molecule has 0 aliphatic carbocycles. The standard InChI is InChI=1S/C8H12ClNO4.ClH/c1-13-8(12)6-2-5(4-10-6)14-7(11)3-9;/h5-6,10H,2-4H2,1H3;1H/t5-,6-;/m0./s1. The van der Waals surface area contributed by atoms with Gasteiger partial charge in [-0.25, -0.2) is 0 Å². The zero-order valence-corrected chi connectivity index (χ0v) is 9.77. The minimum Gasteiger partial charge on any atom is -0.468 e. The summed E-state index contributed by atoms with van der Waals surface area (Å²) in [6.07, 6.45) is 0.153. The van der Waals surface area contributed by atoms with Crippen LogP contribution < -0.4 is 5.32 Å². The van der Waals surface area contributed by atoms with E-state index < -0.39 is 5.97 Å². The molecule has 7 heteroatoms. The summed E-state index contributed by atoms with van der Waals surface area (Å²) in [6, 6.07) is -0.381. The fraction of sp³-hybridized carbons (Fsp3) is 0.750. The zero-order chi connectivity index (χ0) is 10.6. The first kappa shape index (κ1) is 14.5. The summed E-state index contributed by atoms with van der Waals surface area (Å²) in [5.41, 5.74) is 0. The van der Waals surface area contributed by atoms with Crippen LogP contribution in [-0.2, 0) is 19.1 Å². The first-order chi connectivity index (χ1) is 6.67. The molecule has 0 spiro atoms. The van der Waals surface area contributed by atoms with Crippen molar-refractivity contribution in [3.05, 3.63) is 0 Å². The molecule has 1 aliphatic rings. The Hall–Kier alpha value is -0.520. The smallest absolute Gasteiger partial charge is 0.323 e. The van der Waals surface area contributed by atoms with Gasteiger partial charge in [-0.05, 0) is 0 Å². The molecule has 1 saturated heterocycles. The van der Waals surface area contributed by atoms with Crippen LogP contribution in [0.1, 0.15) is 6.42 Å². The summed E-state index contributed by atoms with van der Waals surface area (Å²) in [7, 11) is 1.32. The van der Waals surface area contributed by atoms with E-state index in [1.165, 1.54) is 7.11 Å². The van der Waals surface area contributed by atoms with Crippen molar-refractivity contribution in [3.63, 3.8) is 0 Å². The number of carbonyl (C=O) groups excluding carboxylic acids is 2. The van der Waals surface area contributed by atoms with Crippen molar-refractivity contribution in [2.75, 3.05) is 19.5 Å². The molecular weight excluding hydrogens is 245 g/mol. The van der Waals surface area contributed by atoms with E-state index in [4.69, 9.17) is 16.3 Å². The Morgan fingerprint density at radius 3 is 2.73 bits per heavy atom. The van der Waals surface area contributed by atoms with Gasteiger partial charge in [0.25, 0.3) is 0 Å². The molecular formula is C8H13Cl2NO4. The number of carbonyl (C=O) groups is 2. The molecule has 1 rings (SSSR count). The molecule has 1 heterocycles. The van der Waals surface area contributed by atoms with Crippen molar-refractivity contribution in [1.29, 1.82) is 0 Å². The van der Waals surface area contributed by atoms with Crippen LogP contribution in [0.25, 0.3) is 0 Å². The first-order valence-electron chi connectivity index (χ1n) is 4.24. The molecule has 0 unspecified atom stereocenters. The lowest BCUT2D eigenvalue weighted by atomic mass is 10.2. The highest BCUT2D eigenvalue weighted by Crippen LogP contribution is 2.11. The Labute approximate surface area is 98.8 Å². The van der Waals surface area contributed by atoms with Gasteiger partial charge in [-0.2, -0.15) is 0 Å². The number of hydrogen-bond donors (Lipinski definition) is 1. The summed E-state index contributed by atoms with van der Waals surface area (Å²) < 4.78 is 9.49. The van der Waals surface area contributed by atoms with Crippen LogP contribution in [0.15, 0.2) is 0 Å². The van der Waals surface area contributed by atoms with E-state index in [1.807, 2.05) is 0 Å². The molecule has 88 valence electrons. The largest absolute Gasteiger partial charge is 0.468 e. The summed E-state index contributed by atoms with van der Waals surface area (Å²) in [6.45, 7) is 0.461. The lowest BCUT2D eigenvalue weighted by Crippen LogP contribution is -2.31. The van der Waals surface area contributed by atoms with Gasteiger partial charge in [-0.3, -0.25) is 9.59 Å². The Morgan fingerprint density at radius 1 is 1.53 bits per heavy atom. The van der Waals surface area contributed by atoms with Gasteiger partial charge in [0, 0.05) is 13.0 Å². The van der Waals surface area contributed by atoms with Crippen LogP contribution >= 0.6 is 24.0 Å². The lowest BCUT2D eigenvalue weighted by Gasteiger charge is -2.09. The Kier molecular flexibility index (Phi) is 6.63.